The Morgan fingerprint density at radius 3 is 2.62 bits per heavy atom. The Labute approximate surface area is 125 Å². The summed E-state index contributed by atoms with van der Waals surface area (Å²) in [7, 11) is 3.35. The number of ether oxygens (including phenoxy) is 2. The van der Waals surface area contributed by atoms with Crippen molar-refractivity contribution >= 4 is 12.0 Å². The van der Waals surface area contributed by atoms with E-state index in [0.29, 0.717) is 6.61 Å². The minimum absolute atomic E-state index is 0.214. The van der Waals surface area contributed by atoms with Crippen molar-refractivity contribution < 1.29 is 19.4 Å². The smallest absolute Gasteiger partial charge is 0.330 e. The lowest BCUT2D eigenvalue weighted by Gasteiger charge is -2.16. The fraction of sp³-hybridized carbons (Fsp3) is 0.438. The van der Waals surface area contributed by atoms with Gasteiger partial charge in [-0.2, -0.15) is 0 Å². The predicted molar refractivity (Wildman–Crippen MR) is 82.2 cm³/mol. The maximum Gasteiger partial charge on any atom is 0.330 e. The lowest BCUT2D eigenvalue weighted by Crippen LogP contribution is -2.25. The Balaban J connectivity index is 2.34. The molecule has 1 rings (SSSR count). The molecule has 0 unspecified atom stereocenters. The van der Waals surface area contributed by atoms with E-state index in [-0.39, 0.29) is 12.6 Å². The summed E-state index contributed by atoms with van der Waals surface area (Å²) >= 11 is 0. The molecule has 1 N–H and O–H groups in total. The second-order valence-corrected chi connectivity index (χ2v) is 4.65. The third-order valence-electron chi connectivity index (χ3n) is 2.93. The van der Waals surface area contributed by atoms with Crippen LogP contribution in [0.3, 0.4) is 0 Å². The normalized spacial score (nSPS) is 11.0. The van der Waals surface area contributed by atoms with Gasteiger partial charge in [0, 0.05) is 25.8 Å². The first-order chi connectivity index (χ1) is 10.2. The van der Waals surface area contributed by atoms with Gasteiger partial charge < -0.3 is 19.5 Å². The molecule has 0 radical (unpaired) electrons. The minimum atomic E-state index is -0.374. The first kappa shape index (κ1) is 17.2. The van der Waals surface area contributed by atoms with Crippen molar-refractivity contribution in [3.63, 3.8) is 0 Å². The van der Waals surface area contributed by atoms with Crippen molar-refractivity contribution in [3.05, 3.63) is 35.9 Å². The molecule has 0 saturated carbocycles. The molecule has 5 heteroatoms. The second kappa shape index (κ2) is 9.96. The van der Waals surface area contributed by atoms with Crippen molar-refractivity contribution in [1.29, 1.82) is 0 Å². The molecule has 0 aliphatic carbocycles. The summed E-state index contributed by atoms with van der Waals surface area (Å²) in [5.74, 6) is 0.419. The van der Waals surface area contributed by atoms with E-state index in [9.17, 15) is 4.79 Å². The molecule has 0 aliphatic rings. The van der Waals surface area contributed by atoms with Crippen molar-refractivity contribution in [2.45, 2.75) is 6.42 Å². The van der Waals surface area contributed by atoms with Gasteiger partial charge in [-0.25, -0.2) is 4.79 Å². The summed E-state index contributed by atoms with van der Waals surface area (Å²) in [5, 5.41) is 8.75. The zero-order valence-electron chi connectivity index (χ0n) is 12.6. The van der Waals surface area contributed by atoms with Crippen molar-refractivity contribution in [1.82, 2.24) is 4.90 Å². The summed E-state index contributed by atoms with van der Waals surface area (Å²) in [4.78, 5) is 13.1. The number of rotatable bonds is 9. The van der Waals surface area contributed by atoms with E-state index in [1.165, 1.54) is 13.2 Å². The van der Waals surface area contributed by atoms with Gasteiger partial charge in [0.25, 0.3) is 0 Å². The van der Waals surface area contributed by atoms with Crippen LogP contribution >= 0.6 is 0 Å². The van der Waals surface area contributed by atoms with Gasteiger partial charge >= 0.3 is 5.97 Å². The summed E-state index contributed by atoms with van der Waals surface area (Å²) in [6, 6.07) is 7.49. The van der Waals surface area contributed by atoms with E-state index in [4.69, 9.17) is 9.84 Å². The number of aliphatic hydroxyl groups is 1. The number of likely N-dealkylation sites (N-methyl/N-ethyl adjacent to an activating group) is 1. The molecule has 116 valence electrons. The van der Waals surface area contributed by atoms with Gasteiger partial charge in [-0.05, 0) is 37.2 Å². The Morgan fingerprint density at radius 2 is 2.00 bits per heavy atom. The highest BCUT2D eigenvalue weighted by Gasteiger charge is 1.99. The molecular weight excluding hydrogens is 270 g/mol. The molecule has 5 nitrogen and oxygen atoms in total. The van der Waals surface area contributed by atoms with E-state index < -0.39 is 0 Å². The van der Waals surface area contributed by atoms with Crippen LogP contribution in [0.1, 0.15) is 12.0 Å². The number of carbonyl (C=O) groups is 1. The molecule has 0 aliphatic heterocycles. The average molecular weight is 293 g/mol. The second-order valence-electron chi connectivity index (χ2n) is 4.65. The first-order valence-electron chi connectivity index (χ1n) is 6.94. The molecule has 21 heavy (non-hydrogen) atoms. The van der Waals surface area contributed by atoms with Gasteiger partial charge in [0.05, 0.1) is 7.11 Å². The summed E-state index contributed by atoms with van der Waals surface area (Å²) in [6.45, 7) is 2.48. The van der Waals surface area contributed by atoms with Gasteiger partial charge in [0.15, 0.2) is 0 Å². The van der Waals surface area contributed by atoms with Crippen LogP contribution in [-0.4, -0.2) is 56.4 Å². The molecule has 0 heterocycles. The molecule has 0 aromatic heterocycles. The number of hydrogen-bond acceptors (Lipinski definition) is 5. The van der Waals surface area contributed by atoms with Gasteiger partial charge in [-0.3, -0.25) is 0 Å². The lowest BCUT2D eigenvalue weighted by molar-refractivity contribution is -0.134. The van der Waals surface area contributed by atoms with Crippen molar-refractivity contribution in [2.75, 3.05) is 40.5 Å². The highest BCUT2D eigenvalue weighted by Crippen LogP contribution is 2.13. The third kappa shape index (κ3) is 7.48. The molecular formula is C16H23NO4. The van der Waals surface area contributed by atoms with E-state index in [2.05, 4.69) is 9.64 Å². The maximum absolute atomic E-state index is 11.0. The van der Waals surface area contributed by atoms with E-state index in [1.807, 2.05) is 31.3 Å². The van der Waals surface area contributed by atoms with Crippen LogP contribution in [0.25, 0.3) is 6.08 Å². The Morgan fingerprint density at radius 1 is 1.29 bits per heavy atom. The SMILES string of the molecule is COC(=O)C=Cc1ccc(OCCN(C)CCCO)cc1. The average Bonchev–Trinajstić information content (AvgIpc) is 2.51. The summed E-state index contributed by atoms with van der Waals surface area (Å²) < 4.78 is 10.2. The number of nitrogens with zero attached hydrogens (tertiary/aromatic N) is 1. The number of hydrogen-bond donors (Lipinski definition) is 1. The molecule has 0 fully saturated rings. The zero-order chi connectivity index (χ0) is 15.5. The summed E-state index contributed by atoms with van der Waals surface area (Å²) in [5.41, 5.74) is 0.910. The van der Waals surface area contributed by atoms with Crippen LogP contribution in [0.15, 0.2) is 30.3 Å². The number of benzene rings is 1. The van der Waals surface area contributed by atoms with Crippen LogP contribution < -0.4 is 4.74 Å². The van der Waals surface area contributed by atoms with Crippen molar-refractivity contribution in [2.24, 2.45) is 0 Å². The highest BCUT2D eigenvalue weighted by atomic mass is 16.5. The summed E-state index contributed by atoms with van der Waals surface area (Å²) in [6.07, 6.45) is 3.85. The molecule has 0 amide bonds. The van der Waals surface area contributed by atoms with Crippen molar-refractivity contribution in [3.8, 4) is 5.75 Å². The number of aliphatic hydroxyl groups excluding tert-OH is 1. The third-order valence-corrected chi connectivity index (χ3v) is 2.93. The number of methoxy groups -OCH3 is 1. The molecule has 1 aromatic carbocycles. The lowest BCUT2D eigenvalue weighted by atomic mass is 10.2. The molecule has 0 atom stereocenters. The molecule has 1 aromatic rings. The van der Waals surface area contributed by atoms with Crippen LogP contribution in [0.2, 0.25) is 0 Å². The fourth-order valence-electron chi connectivity index (χ4n) is 1.68. The molecule has 0 bridgehead atoms. The van der Waals surface area contributed by atoms with Gasteiger partial charge in [-0.15, -0.1) is 0 Å². The van der Waals surface area contributed by atoms with Crippen LogP contribution in [0, 0.1) is 0 Å². The maximum atomic E-state index is 11.0. The standard InChI is InChI=1S/C16H23NO4/c1-17(10-3-12-18)11-13-21-15-7-4-14(5-8-15)6-9-16(19)20-2/h4-9,18H,3,10-13H2,1-2H3. The van der Waals surface area contributed by atoms with Gasteiger partial charge in [0.2, 0.25) is 0 Å². The quantitative estimate of drug-likeness (QED) is 0.553. The van der Waals surface area contributed by atoms with Gasteiger partial charge in [0.1, 0.15) is 12.4 Å². The molecule has 0 spiro atoms. The Hall–Kier alpha value is -1.85. The van der Waals surface area contributed by atoms with Gasteiger partial charge in [-0.1, -0.05) is 12.1 Å². The highest BCUT2D eigenvalue weighted by molar-refractivity contribution is 5.86. The van der Waals surface area contributed by atoms with Crippen LogP contribution in [-0.2, 0) is 9.53 Å². The number of esters is 1. The monoisotopic (exact) mass is 293 g/mol. The largest absolute Gasteiger partial charge is 0.492 e. The topological polar surface area (TPSA) is 59.0 Å². The Kier molecular flexibility index (Phi) is 8.16. The van der Waals surface area contributed by atoms with Crippen LogP contribution in [0.4, 0.5) is 0 Å². The van der Waals surface area contributed by atoms with E-state index in [0.717, 1.165) is 30.8 Å². The fourth-order valence-corrected chi connectivity index (χ4v) is 1.68. The predicted octanol–water partition coefficient (Wildman–Crippen LogP) is 1.57. The first-order valence-corrected chi connectivity index (χ1v) is 6.94. The molecule has 0 saturated heterocycles. The number of carbonyl (C=O) groups excluding carboxylic acids is 1. The Bertz CT molecular complexity index is 442. The minimum Gasteiger partial charge on any atom is -0.492 e. The zero-order valence-corrected chi connectivity index (χ0v) is 12.6. The van der Waals surface area contributed by atoms with E-state index in [1.54, 1.807) is 6.08 Å². The van der Waals surface area contributed by atoms with E-state index >= 15 is 0 Å². The van der Waals surface area contributed by atoms with Crippen LogP contribution in [0.5, 0.6) is 5.75 Å².